The van der Waals surface area contributed by atoms with Crippen molar-refractivity contribution in [3.63, 3.8) is 0 Å². The second-order valence-electron chi connectivity index (χ2n) is 4.93. The molecule has 0 amide bonds. The second kappa shape index (κ2) is 4.03. The lowest BCUT2D eigenvalue weighted by atomic mass is 9.80. The van der Waals surface area contributed by atoms with Gasteiger partial charge < -0.3 is 9.84 Å². The molecule has 1 fully saturated rings. The van der Waals surface area contributed by atoms with Crippen LogP contribution in [-0.4, -0.2) is 23.9 Å². The standard InChI is InChI=1S/C12H20O2/c1-12(13,11-6-7-14-9-11)8-10-4-2-3-5-10/h2-3,10-11,13H,4-9H2,1H3. The third-order valence-corrected chi connectivity index (χ3v) is 3.62. The van der Waals surface area contributed by atoms with E-state index in [2.05, 4.69) is 12.2 Å². The van der Waals surface area contributed by atoms with Gasteiger partial charge in [0.15, 0.2) is 0 Å². The van der Waals surface area contributed by atoms with E-state index >= 15 is 0 Å². The molecule has 0 radical (unpaired) electrons. The van der Waals surface area contributed by atoms with E-state index in [1.165, 1.54) is 0 Å². The highest BCUT2D eigenvalue weighted by molar-refractivity contribution is 4.97. The first kappa shape index (κ1) is 10.2. The quantitative estimate of drug-likeness (QED) is 0.701. The van der Waals surface area contributed by atoms with Crippen LogP contribution in [0, 0.1) is 11.8 Å². The first-order valence-electron chi connectivity index (χ1n) is 5.63. The van der Waals surface area contributed by atoms with Crippen LogP contribution in [0.1, 0.15) is 32.6 Å². The molecule has 2 rings (SSSR count). The molecule has 2 nitrogen and oxygen atoms in total. The SMILES string of the molecule is CC(O)(CC1CC=CC1)C1CCOC1. The van der Waals surface area contributed by atoms with Gasteiger partial charge in [-0.1, -0.05) is 12.2 Å². The first-order valence-corrected chi connectivity index (χ1v) is 5.63. The Balaban J connectivity index is 1.87. The fraction of sp³-hybridized carbons (Fsp3) is 0.833. The highest BCUT2D eigenvalue weighted by atomic mass is 16.5. The smallest absolute Gasteiger partial charge is 0.0673 e. The second-order valence-corrected chi connectivity index (χ2v) is 4.93. The Hall–Kier alpha value is -0.340. The summed E-state index contributed by atoms with van der Waals surface area (Å²) in [6, 6.07) is 0. The molecule has 1 aliphatic heterocycles. The molecular weight excluding hydrogens is 176 g/mol. The molecule has 0 aromatic carbocycles. The van der Waals surface area contributed by atoms with Gasteiger partial charge in [0, 0.05) is 12.5 Å². The third kappa shape index (κ3) is 2.18. The molecule has 80 valence electrons. The summed E-state index contributed by atoms with van der Waals surface area (Å²) in [5, 5.41) is 10.4. The molecular formula is C12H20O2. The number of hydrogen-bond donors (Lipinski definition) is 1. The Labute approximate surface area is 86.0 Å². The molecule has 1 heterocycles. The Morgan fingerprint density at radius 2 is 2.14 bits per heavy atom. The van der Waals surface area contributed by atoms with E-state index in [0.29, 0.717) is 11.8 Å². The zero-order valence-electron chi connectivity index (χ0n) is 8.91. The van der Waals surface area contributed by atoms with Gasteiger partial charge in [0.2, 0.25) is 0 Å². The van der Waals surface area contributed by atoms with Crippen molar-refractivity contribution in [1.29, 1.82) is 0 Å². The summed E-state index contributed by atoms with van der Waals surface area (Å²) in [5.74, 6) is 1.01. The lowest BCUT2D eigenvalue weighted by Crippen LogP contribution is -2.36. The van der Waals surface area contributed by atoms with Crippen molar-refractivity contribution >= 4 is 0 Å². The fourth-order valence-electron chi connectivity index (χ4n) is 2.62. The largest absolute Gasteiger partial charge is 0.390 e. The van der Waals surface area contributed by atoms with Gasteiger partial charge in [-0.3, -0.25) is 0 Å². The van der Waals surface area contributed by atoms with Gasteiger partial charge in [-0.05, 0) is 38.5 Å². The molecule has 1 aliphatic carbocycles. The summed E-state index contributed by atoms with van der Waals surface area (Å²) >= 11 is 0. The molecule has 14 heavy (non-hydrogen) atoms. The topological polar surface area (TPSA) is 29.5 Å². The molecule has 0 aromatic heterocycles. The summed E-state index contributed by atoms with van der Waals surface area (Å²) in [4.78, 5) is 0. The molecule has 2 heteroatoms. The van der Waals surface area contributed by atoms with Crippen LogP contribution >= 0.6 is 0 Å². The molecule has 0 spiro atoms. The van der Waals surface area contributed by atoms with Crippen molar-refractivity contribution in [3.8, 4) is 0 Å². The molecule has 0 aromatic rings. The normalized spacial score (nSPS) is 32.3. The van der Waals surface area contributed by atoms with Crippen LogP contribution in [-0.2, 0) is 4.74 Å². The van der Waals surface area contributed by atoms with E-state index < -0.39 is 5.60 Å². The van der Waals surface area contributed by atoms with Crippen LogP contribution in [0.4, 0.5) is 0 Å². The van der Waals surface area contributed by atoms with E-state index in [-0.39, 0.29) is 0 Å². The molecule has 2 unspecified atom stereocenters. The van der Waals surface area contributed by atoms with Gasteiger partial charge in [-0.25, -0.2) is 0 Å². The average Bonchev–Trinajstić information content (AvgIpc) is 2.71. The van der Waals surface area contributed by atoms with Crippen molar-refractivity contribution in [3.05, 3.63) is 12.2 Å². The summed E-state index contributed by atoms with van der Waals surface area (Å²) in [6.45, 7) is 3.54. The molecule has 2 atom stereocenters. The minimum Gasteiger partial charge on any atom is -0.390 e. The van der Waals surface area contributed by atoms with Crippen molar-refractivity contribution < 1.29 is 9.84 Å². The van der Waals surface area contributed by atoms with E-state index in [4.69, 9.17) is 4.74 Å². The summed E-state index contributed by atoms with van der Waals surface area (Å²) in [6.07, 6.45) is 8.69. The summed E-state index contributed by atoms with van der Waals surface area (Å²) < 4.78 is 5.33. The molecule has 0 saturated carbocycles. The lowest BCUT2D eigenvalue weighted by Gasteiger charge is -2.31. The first-order chi connectivity index (χ1) is 6.68. The molecule has 1 N–H and O–H groups in total. The van der Waals surface area contributed by atoms with Gasteiger partial charge in [0.1, 0.15) is 0 Å². The van der Waals surface area contributed by atoms with Gasteiger partial charge in [-0.15, -0.1) is 0 Å². The lowest BCUT2D eigenvalue weighted by molar-refractivity contribution is -0.0240. The average molecular weight is 196 g/mol. The minimum absolute atomic E-state index is 0.350. The van der Waals surface area contributed by atoms with Crippen LogP contribution in [0.3, 0.4) is 0 Å². The van der Waals surface area contributed by atoms with Gasteiger partial charge in [0.05, 0.1) is 12.2 Å². The van der Waals surface area contributed by atoms with Crippen molar-refractivity contribution in [2.45, 2.75) is 38.2 Å². The fourth-order valence-corrected chi connectivity index (χ4v) is 2.62. The Kier molecular flexibility index (Phi) is 2.93. The minimum atomic E-state index is -0.521. The van der Waals surface area contributed by atoms with Gasteiger partial charge >= 0.3 is 0 Å². The third-order valence-electron chi connectivity index (χ3n) is 3.62. The Bertz CT molecular complexity index is 206. The molecule has 0 bridgehead atoms. The molecule has 2 aliphatic rings. The maximum absolute atomic E-state index is 10.4. The van der Waals surface area contributed by atoms with Crippen molar-refractivity contribution in [2.75, 3.05) is 13.2 Å². The predicted molar refractivity (Wildman–Crippen MR) is 56.0 cm³/mol. The van der Waals surface area contributed by atoms with Crippen molar-refractivity contribution in [2.24, 2.45) is 11.8 Å². The summed E-state index contributed by atoms with van der Waals surface area (Å²) in [7, 11) is 0. The van der Waals surface area contributed by atoms with E-state index in [0.717, 1.165) is 38.9 Å². The van der Waals surface area contributed by atoms with Crippen LogP contribution in [0.25, 0.3) is 0 Å². The molecule has 1 saturated heterocycles. The van der Waals surface area contributed by atoms with E-state index in [1.54, 1.807) is 0 Å². The van der Waals surface area contributed by atoms with Crippen LogP contribution in [0.2, 0.25) is 0 Å². The van der Waals surface area contributed by atoms with Crippen LogP contribution in [0.15, 0.2) is 12.2 Å². The number of rotatable bonds is 3. The number of allylic oxidation sites excluding steroid dienone is 2. The van der Waals surface area contributed by atoms with Gasteiger partial charge in [0.25, 0.3) is 0 Å². The summed E-state index contributed by atoms with van der Waals surface area (Å²) in [5.41, 5.74) is -0.521. The van der Waals surface area contributed by atoms with E-state index in [9.17, 15) is 5.11 Å². The Morgan fingerprint density at radius 1 is 1.43 bits per heavy atom. The van der Waals surface area contributed by atoms with Crippen molar-refractivity contribution in [1.82, 2.24) is 0 Å². The number of ether oxygens (including phenoxy) is 1. The Morgan fingerprint density at radius 3 is 2.71 bits per heavy atom. The van der Waals surface area contributed by atoms with Crippen LogP contribution in [0.5, 0.6) is 0 Å². The maximum atomic E-state index is 10.4. The van der Waals surface area contributed by atoms with E-state index in [1.807, 2.05) is 6.92 Å². The number of hydrogen-bond acceptors (Lipinski definition) is 2. The monoisotopic (exact) mass is 196 g/mol. The van der Waals surface area contributed by atoms with Crippen LogP contribution < -0.4 is 0 Å². The highest BCUT2D eigenvalue weighted by Crippen LogP contribution is 2.35. The predicted octanol–water partition coefficient (Wildman–Crippen LogP) is 2.13. The zero-order valence-corrected chi connectivity index (χ0v) is 8.91. The highest BCUT2D eigenvalue weighted by Gasteiger charge is 2.36. The number of aliphatic hydroxyl groups is 1. The maximum Gasteiger partial charge on any atom is 0.0673 e. The van der Waals surface area contributed by atoms with Gasteiger partial charge in [-0.2, -0.15) is 0 Å². The zero-order chi connectivity index (χ0) is 10.0.